The molecule has 12 heavy (non-hydrogen) atoms. The van der Waals surface area contributed by atoms with Crippen molar-refractivity contribution < 1.29 is 14.4 Å². The van der Waals surface area contributed by atoms with E-state index in [1.807, 2.05) is 0 Å². The molecule has 0 amide bonds. The van der Waals surface area contributed by atoms with Gasteiger partial charge in [-0.05, 0) is 11.6 Å². The van der Waals surface area contributed by atoms with Crippen LogP contribution in [0.25, 0.3) is 0 Å². The summed E-state index contributed by atoms with van der Waals surface area (Å²) in [5, 5.41) is 17.6. The van der Waals surface area contributed by atoms with Gasteiger partial charge in [-0.15, -0.1) is 0 Å². The number of hydrogen-bond acceptors (Lipinski definition) is 3. The van der Waals surface area contributed by atoms with Crippen LogP contribution < -0.4 is 11.2 Å². The van der Waals surface area contributed by atoms with Crippen LogP contribution in [0.1, 0.15) is 5.56 Å². The fraction of sp³-hybridized carbons (Fsp3) is 0.143. The summed E-state index contributed by atoms with van der Waals surface area (Å²) in [6.45, 7) is 0.0880. The summed E-state index contributed by atoms with van der Waals surface area (Å²) in [5.74, 6) is -0.645. The zero-order valence-corrected chi connectivity index (χ0v) is 6.37. The number of hydrogen-bond donors (Lipinski definition) is 3. The van der Waals surface area contributed by atoms with Crippen molar-refractivity contribution in [2.24, 2.45) is 5.73 Å². The van der Waals surface area contributed by atoms with Gasteiger partial charge in [-0.25, -0.2) is 4.39 Å². The lowest BCUT2D eigenvalue weighted by Gasteiger charge is -2.06. The lowest BCUT2D eigenvalue weighted by molar-refractivity contribution is 0.422. The van der Waals surface area contributed by atoms with Gasteiger partial charge in [-0.1, -0.05) is 12.1 Å². The van der Waals surface area contributed by atoms with Crippen LogP contribution in [-0.2, 0) is 6.54 Å². The van der Waals surface area contributed by atoms with E-state index in [1.54, 1.807) is 6.07 Å². The predicted octanol–water partition coefficient (Wildman–Crippen LogP) is -1.04. The highest BCUT2D eigenvalue weighted by atomic mass is 19.1. The molecule has 0 bridgehead atoms. The van der Waals surface area contributed by atoms with Crippen LogP contribution in [-0.4, -0.2) is 17.2 Å². The number of nitrogens with two attached hydrogens (primary N) is 1. The van der Waals surface area contributed by atoms with Crippen LogP contribution in [0.15, 0.2) is 18.2 Å². The summed E-state index contributed by atoms with van der Waals surface area (Å²) < 4.78 is 12.9. The van der Waals surface area contributed by atoms with E-state index in [0.29, 0.717) is 5.56 Å². The van der Waals surface area contributed by atoms with E-state index in [2.05, 4.69) is 0 Å². The quantitative estimate of drug-likeness (QED) is 0.495. The highest BCUT2D eigenvalue weighted by Crippen LogP contribution is 2.00. The molecule has 0 spiro atoms. The SMILES string of the molecule is NCc1cccc(F)c1B(O)O. The highest BCUT2D eigenvalue weighted by Gasteiger charge is 2.19. The Morgan fingerprint density at radius 1 is 1.42 bits per heavy atom. The molecule has 0 heterocycles. The lowest BCUT2D eigenvalue weighted by Crippen LogP contribution is -2.36. The van der Waals surface area contributed by atoms with Gasteiger partial charge in [0.1, 0.15) is 5.82 Å². The first kappa shape index (κ1) is 9.19. The molecule has 0 aromatic heterocycles. The van der Waals surface area contributed by atoms with E-state index >= 15 is 0 Å². The number of rotatable bonds is 2. The minimum atomic E-state index is -1.80. The third-order valence-corrected chi connectivity index (χ3v) is 1.62. The summed E-state index contributed by atoms with van der Waals surface area (Å²) in [6, 6.07) is 4.19. The average Bonchev–Trinajstić information content (AvgIpc) is 2.03. The largest absolute Gasteiger partial charge is 0.491 e. The molecule has 64 valence electrons. The fourth-order valence-corrected chi connectivity index (χ4v) is 1.05. The predicted molar refractivity (Wildman–Crippen MR) is 44.1 cm³/mol. The highest BCUT2D eigenvalue weighted by molar-refractivity contribution is 6.59. The first-order valence-electron chi connectivity index (χ1n) is 3.50. The molecule has 0 atom stereocenters. The average molecular weight is 169 g/mol. The molecular weight excluding hydrogens is 160 g/mol. The van der Waals surface area contributed by atoms with Gasteiger partial charge in [0, 0.05) is 12.0 Å². The van der Waals surface area contributed by atoms with Crippen molar-refractivity contribution in [2.45, 2.75) is 6.54 Å². The van der Waals surface area contributed by atoms with Gasteiger partial charge in [0.2, 0.25) is 0 Å². The maximum Gasteiger partial charge on any atom is 0.491 e. The normalized spacial score (nSPS) is 10.0. The molecule has 4 N–H and O–H groups in total. The van der Waals surface area contributed by atoms with E-state index in [0.717, 1.165) is 6.07 Å². The van der Waals surface area contributed by atoms with Crippen molar-refractivity contribution in [2.75, 3.05) is 0 Å². The maximum absolute atomic E-state index is 12.9. The lowest BCUT2D eigenvalue weighted by atomic mass is 9.76. The minimum Gasteiger partial charge on any atom is -0.423 e. The molecule has 3 nitrogen and oxygen atoms in total. The topological polar surface area (TPSA) is 66.5 Å². The molecule has 0 aliphatic rings. The van der Waals surface area contributed by atoms with Gasteiger partial charge >= 0.3 is 7.12 Å². The summed E-state index contributed by atoms with van der Waals surface area (Å²) in [7, 11) is -1.80. The van der Waals surface area contributed by atoms with Crippen molar-refractivity contribution in [3.8, 4) is 0 Å². The molecule has 0 aliphatic heterocycles. The second-order valence-electron chi connectivity index (χ2n) is 2.39. The van der Waals surface area contributed by atoms with E-state index in [-0.39, 0.29) is 12.0 Å². The number of benzene rings is 1. The van der Waals surface area contributed by atoms with Crippen molar-refractivity contribution in [1.82, 2.24) is 0 Å². The van der Waals surface area contributed by atoms with E-state index < -0.39 is 12.9 Å². The Kier molecular flexibility index (Phi) is 2.81. The Balaban J connectivity index is 3.20. The molecule has 1 aromatic carbocycles. The van der Waals surface area contributed by atoms with E-state index in [9.17, 15) is 4.39 Å². The van der Waals surface area contributed by atoms with E-state index in [4.69, 9.17) is 15.8 Å². The molecule has 0 saturated heterocycles. The van der Waals surface area contributed by atoms with Crippen LogP contribution in [0.4, 0.5) is 4.39 Å². The van der Waals surface area contributed by atoms with Crippen molar-refractivity contribution >= 4 is 12.6 Å². The van der Waals surface area contributed by atoms with Gasteiger partial charge < -0.3 is 15.8 Å². The number of halogens is 1. The molecule has 1 aromatic rings. The first-order valence-corrected chi connectivity index (χ1v) is 3.50. The van der Waals surface area contributed by atoms with Gasteiger partial charge in [-0.3, -0.25) is 0 Å². The second kappa shape index (κ2) is 3.66. The van der Waals surface area contributed by atoms with Crippen LogP contribution in [0.2, 0.25) is 0 Å². The van der Waals surface area contributed by atoms with Gasteiger partial charge in [-0.2, -0.15) is 0 Å². The van der Waals surface area contributed by atoms with Crippen LogP contribution in [0.5, 0.6) is 0 Å². The second-order valence-corrected chi connectivity index (χ2v) is 2.39. The molecule has 1 rings (SSSR count). The fourth-order valence-electron chi connectivity index (χ4n) is 1.05. The summed E-state index contributed by atoms with van der Waals surface area (Å²) in [4.78, 5) is 0. The molecular formula is C7H9BFNO2. The molecule has 0 aliphatic carbocycles. The van der Waals surface area contributed by atoms with Crippen molar-refractivity contribution in [1.29, 1.82) is 0 Å². The first-order chi connectivity index (χ1) is 5.66. The zero-order valence-electron chi connectivity index (χ0n) is 6.37. The molecule has 0 unspecified atom stereocenters. The minimum absolute atomic E-state index is 0.0880. The molecule has 0 fully saturated rings. The molecule has 0 saturated carbocycles. The van der Waals surface area contributed by atoms with Gasteiger partial charge in [0.25, 0.3) is 0 Å². The van der Waals surface area contributed by atoms with Crippen LogP contribution in [0, 0.1) is 5.82 Å². The third-order valence-electron chi connectivity index (χ3n) is 1.62. The summed E-state index contributed by atoms with van der Waals surface area (Å²) in [6.07, 6.45) is 0. The summed E-state index contributed by atoms with van der Waals surface area (Å²) in [5.41, 5.74) is 5.54. The van der Waals surface area contributed by atoms with Crippen molar-refractivity contribution in [3.63, 3.8) is 0 Å². The van der Waals surface area contributed by atoms with Crippen LogP contribution >= 0.6 is 0 Å². The smallest absolute Gasteiger partial charge is 0.423 e. The Hall–Kier alpha value is -0.905. The third kappa shape index (κ3) is 1.63. The Labute approximate surface area is 69.8 Å². The van der Waals surface area contributed by atoms with Gasteiger partial charge in [0.15, 0.2) is 0 Å². The monoisotopic (exact) mass is 169 g/mol. The van der Waals surface area contributed by atoms with Crippen LogP contribution in [0.3, 0.4) is 0 Å². The van der Waals surface area contributed by atoms with Crippen molar-refractivity contribution in [3.05, 3.63) is 29.6 Å². The van der Waals surface area contributed by atoms with Gasteiger partial charge in [0.05, 0.1) is 0 Å². The Morgan fingerprint density at radius 3 is 2.50 bits per heavy atom. The molecule has 0 radical (unpaired) electrons. The zero-order chi connectivity index (χ0) is 9.14. The summed E-state index contributed by atoms with van der Waals surface area (Å²) >= 11 is 0. The Bertz CT molecular complexity index is 280. The maximum atomic E-state index is 12.9. The standard InChI is InChI=1S/C7H9BFNO2/c9-6-3-1-2-5(4-10)7(6)8(11)12/h1-3,11-12H,4,10H2. The molecule has 5 heteroatoms. The van der Waals surface area contributed by atoms with E-state index in [1.165, 1.54) is 6.07 Å². The Morgan fingerprint density at radius 2 is 2.08 bits per heavy atom.